The number of ether oxygens (including phenoxy) is 2. The summed E-state index contributed by atoms with van der Waals surface area (Å²) in [6.45, 7) is 11.2. The summed E-state index contributed by atoms with van der Waals surface area (Å²) in [5.74, 6) is -1.60. The number of rotatable bonds is 15. The Morgan fingerprint density at radius 3 is 1.85 bits per heavy atom. The number of carbonyl (C=O) groups is 4. The highest BCUT2D eigenvalue weighted by atomic mass is 16.6. The normalized spacial score (nSPS) is 13.2. The molecule has 0 fully saturated rings. The summed E-state index contributed by atoms with van der Waals surface area (Å²) in [7, 11) is 0. The van der Waals surface area contributed by atoms with Gasteiger partial charge in [-0.1, -0.05) is 112 Å². The topological polar surface area (TPSA) is 114 Å². The molecule has 0 saturated heterocycles. The van der Waals surface area contributed by atoms with Gasteiger partial charge in [-0.15, -0.1) is 0 Å². The van der Waals surface area contributed by atoms with Gasteiger partial charge in [0.15, 0.2) is 0 Å². The van der Waals surface area contributed by atoms with Crippen LogP contribution in [0.2, 0.25) is 0 Å². The predicted octanol–water partition coefficient (Wildman–Crippen LogP) is 6.03. The minimum atomic E-state index is -1.02. The van der Waals surface area contributed by atoms with Gasteiger partial charge in [-0.2, -0.15) is 0 Å². The van der Waals surface area contributed by atoms with E-state index in [1.54, 1.807) is 20.8 Å². The highest BCUT2D eigenvalue weighted by molar-refractivity contribution is 5.92. The van der Waals surface area contributed by atoms with Crippen molar-refractivity contribution in [3.8, 4) is 0 Å². The van der Waals surface area contributed by atoms with Crippen molar-refractivity contribution < 1.29 is 28.7 Å². The maximum absolute atomic E-state index is 13.8. The monoisotopic (exact) mass is 643 g/mol. The first-order chi connectivity index (χ1) is 22.3. The third-order valence-corrected chi connectivity index (χ3v) is 7.32. The number of hydrogen-bond donors (Lipinski definition) is 2. The molecule has 252 valence electrons. The van der Waals surface area contributed by atoms with Crippen molar-refractivity contribution in [1.82, 2.24) is 15.5 Å². The van der Waals surface area contributed by atoms with Gasteiger partial charge in [0.1, 0.15) is 30.8 Å². The van der Waals surface area contributed by atoms with Crippen LogP contribution < -0.4 is 10.6 Å². The van der Waals surface area contributed by atoms with E-state index < -0.39 is 41.6 Å². The van der Waals surface area contributed by atoms with Crippen LogP contribution in [0.3, 0.4) is 0 Å². The zero-order valence-corrected chi connectivity index (χ0v) is 28.4. The van der Waals surface area contributed by atoms with E-state index >= 15 is 0 Å². The van der Waals surface area contributed by atoms with Crippen LogP contribution in [0.15, 0.2) is 91.0 Å². The Morgan fingerprint density at radius 1 is 0.745 bits per heavy atom. The molecule has 47 heavy (non-hydrogen) atoms. The van der Waals surface area contributed by atoms with Crippen molar-refractivity contribution in [3.63, 3.8) is 0 Å². The molecule has 3 amide bonds. The Labute approximate surface area is 279 Å². The van der Waals surface area contributed by atoms with E-state index in [2.05, 4.69) is 10.6 Å². The Morgan fingerprint density at radius 2 is 1.30 bits per heavy atom. The molecule has 9 nitrogen and oxygen atoms in total. The van der Waals surface area contributed by atoms with Gasteiger partial charge in [0.2, 0.25) is 11.8 Å². The van der Waals surface area contributed by atoms with Crippen molar-refractivity contribution in [1.29, 1.82) is 0 Å². The molecule has 0 aliphatic carbocycles. The fraction of sp³-hybridized carbons (Fsp3) is 0.421. The van der Waals surface area contributed by atoms with Crippen LogP contribution >= 0.6 is 0 Å². The lowest BCUT2D eigenvalue weighted by molar-refractivity contribution is -0.149. The number of nitrogens with one attached hydrogen (secondary N) is 2. The summed E-state index contributed by atoms with van der Waals surface area (Å²) in [5.41, 5.74) is 1.90. The number of nitrogens with zero attached hydrogens (tertiary/aromatic N) is 1. The van der Waals surface area contributed by atoms with Gasteiger partial charge in [0, 0.05) is 13.0 Å². The number of amides is 3. The van der Waals surface area contributed by atoms with Crippen LogP contribution in [0.25, 0.3) is 0 Å². The van der Waals surface area contributed by atoms with Gasteiger partial charge in [0.25, 0.3) is 0 Å². The summed E-state index contributed by atoms with van der Waals surface area (Å²) in [4.78, 5) is 55.1. The van der Waals surface area contributed by atoms with Crippen LogP contribution in [-0.2, 0) is 36.9 Å². The minimum absolute atomic E-state index is 0.0796. The molecule has 1 unspecified atom stereocenters. The Balaban J connectivity index is 1.78. The van der Waals surface area contributed by atoms with Gasteiger partial charge >= 0.3 is 12.1 Å². The summed E-state index contributed by atoms with van der Waals surface area (Å²) >= 11 is 0. The summed E-state index contributed by atoms with van der Waals surface area (Å²) in [5, 5.41) is 5.67. The molecule has 0 aliphatic heterocycles. The molecule has 9 heteroatoms. The average molecular weight is 644 g/mol. The Kier molecular flexibility index (Phi) is 14.0. The van der Waals surface area contributed by atoms with Gasteiger partial charge < -0.3 is 20.1 Å². The first-order valence-electron chi connectivity index (χ1n) is 16.2. The SMILES string of the molecule is CC(C)C[C@@H](NC(=O)C(Cc1ccccc1)NC(=O)CN(C[C@H](C)c1ccccc1)C(=O)OC(C)(C)C)C(=O)OCc1ccccc1. The zero-order valence-electron chi connectivity index (χ0n) is 28.4. The molecule has 0 aromatic heterocycles. The number of benzene rings is 3. The second kappa shape index (κ2) is 17.9. The molecule has 3 aromatic rings. The van der Waals surface area contributed by atoms with Crippen molar-refractivity contribution >= 4 is 23.9 Å². The van der Waals surface area contributed by atoms with Crippen LogP contribution in [0.5, 0.6) is 0 Å². The summed E-state index contributed by atoms with van der Waals surface area (Å²) < 4.78 is 11.2. The number of hydrogen-bond acceptors (Lipinski definition) is 6. The molecule has 2 N–H and O–H groups in total. The smallest absolute Gasteiger partial charge is 0.410 e. The third kappa shape index (κ3) is 13.3. The fourth-order valence-corrected chi connectivity index (χ4v) is 5.01. The maximum Gasteiger partial charge on any atom is 0.410 e. The molecule has 3 rings (SSSR count). The Hall–Kier alpha value is -4.66. The summed E-state index contributed by atoms with van der Waals surface area (Å²) in [6.07, 6.45) is -0.0916. The Bertz CT molecular complexity index is 1420. The standard InChI is InChI=1S/C38H49N3O6/c1-27(2)22-33(36(44)46-26-30-18-12-8-13-19-30)40-35(43)32(23-29-16-10-7-11-17-29)39-34(42)25-41(37(45)47-38(4,5)6)24-28(3)31-20-14-9-15-21-31/h7-21,27-28,32-33H,22-26H2,1-6H3,(H,39,42)(H,40,43)/t28-,32?,33+/m0/s1. The van der Waals surface area contributed by atoms with Crippen LogP contribution in [0.1, 0.15) is 70.6 Å². The van der Waals surface area contributed by atoms with E-state index in [9.17, 15) is 19.2 Å². The predicted molar refractivity (Wildman–Crippen MR) is 182 cm³/mol. The second-order valence-electron chi connectivity index (χ2n) is 13.3. The largest absolute Gasteiger partial charge is 0.459 e. The molecule has 3 aromatic carbocycles. The van der Waals surface area contributed by atoms with Crippen LogP contribution in [0, 0.1) is 5.92 Å². The molecule has 0 heterocycles. The van der Waals surface area contributed by atoms with E-state index in [0.717, 1.165) is 16.7 Å². The molecule has 0 bridgehead atoms. The fourth-order valence-electron chi connectivity index (χ4n) is 5.01. The molecular formula is C38H49N3O6. The molecule has 0 saturated carbocycles. The highest BCUT2D eigenvalue weighted by Crippen LogP contribution is 2.18. The average Bonchev–Trinajstić information content (AvgIpc) is 3.03. The van der Waals surface area contributed by atoms with E-state index in [1.165, 1.54) is 4.90 Å². The lowest BCUT2D eigenvalue weighted by Crippen LogP contribution is -2.55. The number of esters is 1. The highest BCUT2D eigenvalue weighted by Gasteiger charge is 2.31. The van der Waals surface area contributed by atoms with Gasteiger partial charge in [-0.05, 0) is 55.7 Å². The minimum Gasteiger partial charge on any atom is -0.459 e. The lowest BCUT2D eigenvalue weighted by Gasteiger charge is -2.30. The molecular weight excluding hydrogens is 594 g/mol. The first kappa shape index (κ1) is 36.8. The second-order valence-corrected chi connectivity index (χ2v) is 13.3. The maximum atomic E-state index is 13.8. The van der Waals surface area contributed by atoms with Gasteiger partial charge in [0.05, 0.1) is 0 Å². The van der Waals surface area contributed by atoms with Crippen LogP contribution in [0.4, 0.5) is 4.79 Å². The van der Waals surface area contributed by atoms with Gasteiger partial charge in [-0.3, -0.25) is 14.5 Å². The van der Waals surface area contributed by atoms with Crippen LogP contribution in [-0.4, -0.2) is 59.6 Å². The molecule has 0 radical (unpaired) electrons. The van der Waals surface area contributed by atoms with Gasteiger partial charge in [-0.25, -0.2) is 9.59 Å². The third-order valence-electron chi connectivity index (χ3n) is 7.32. The van der Waals surface area contributed by atoms with E-state index in [-0.39, 0.29) is 38.0 Å². The van der Waals surface area contributed by atoms with Crippen molar-refractivity contribution in [2.75, 3.05) is 13.1 Å². The quantitative estimate of drug-likeness (QED) is 0.196. The van der Waals surface area contributed by atoms with E-state index in [0.29, 0.717) is 6.42 Å². The van der Waals surface area contributed by atoms with Crippen molar-refractivity contribution in [2.24, 2.45) is 5.92 Å². The molecule has 0 aliphatic rings. The van der Waals surface area contributed by atoms with Crippen molar-refractivity contribution in [2.45, 2.75) is 84.6 Å². The number of carbonyl (C=O) groups excluding carboxylic acids is 4. The first-order valence-corrected chi connectivity index (χ1v) is 16.2. The van der Waals surface area contributed by atoms with E-state index in [1.807, 2.05) is 112 Å². The zero-order chi connectivity index (χ0) is 34.4. The van der Waals surface area contributed by atoms with Crippen molar-refractivity contribution in [3.05, 3.63) is 108 Å². The lowest BCUT2D eigenvalue weighted by atomic mass is 10.0. The summed E-state index contributed by atoms with van der Waals surface area (Å²) in [6, 6.07) is 26.4. The van der Waals surface area contributed by atoms with E-state index in [4.69, 9.17) is 9.47 Å². The molecule has 0 spiro atoms. The molecule has 3 atom stereocenters.